The van der Waals surface area contributed by atoms with E-state index in [9.17, 15) is 14.4 Å². The number of ether oxygens (including phenoxy) is 1. The van der Waals surface area contributed by atoms with Gasteiger partial charge in [0.25, 0.3) is 5.91 Å². The summed E-state index contributed by atoms with van der Waals surface area (Å²) in [5.74, 6) is -0.941. The molecule has 0 heterocycles. The van der Waals surface area contributed by atoms with Crippen LogP contribution in [0.25, 0.3) is 0 Å². The quantitative estimate of drug-likeness (QED) is 0.633. The van der Waals surface area contributed by atoms with E-state index >= 15 is 0 Å². The molecule has 1 rings (SSSR count). The zero-order valence-corrected chi connectivity index (χ0v) is 12.6. The van der Waals surface area contributed by atoms with Crippen LogP contribution >= 0.6 is 0 Å². The summed E-state index contributed by atoms with van der Waals surface area (Å²) in [5.41, 5.74) is 0.816. The SMILES string of the molecule is CNC(=O)c1ccc(OC)c(NC(=O)CCCCC(=O)O)c1. The predicted molar refractivity (Wildman–Crippen MR) is 81.1 cm³/mol. The number of hydrogen-bond acceptors (Lipinski definition) is 4. The molecule has 0 aliphatic rings. The largest absolute Gasteiger partial charge is 0.495 e. The van der Waals surface area contributed by atoms with Crippen LogP contribution in [0, 0.1) is 0 Å². The molecular formula is C15H20N2O5. The first-order valence-electron chi connectivity index (χ1n) is 6.89. The van der Waals surface area contributed by atoms with Crippen molar-refractivity contribution in [3.63, 3.8) is 0 Å². The van der Waals surface area contributed by atoms with E-state index < -0.39 is 5.97 Å². The van der Waals surface area contributed by atoms with Gasteiger partial charge < -0.3 is 20.5 Å². The summed E-state index contributed by atoms with van der Waals surface area (Å²) in [6.45, 7) is 0. The second kappa shape index (κ2) is 8.66. The number of carbonyl (C=O) groups is 3. The van der Waals surface area contributed by atoms with E-state index in [1.807, 2.05) is 0 Å². The lowest BCUT2D eigenvalue weighted by molar-refractivity contribution is -0.137. The third-order valence-corrected chi connectivity index (χ3v) is 3.01. The number of hydrogen-bond donors (Lipinski definition) is 3. The molecule has 0 unspecified atom stereocenters. The van der Waals surface area contributed by atoms with Crippen LogP contribution in [0.5, 0.6) is 5.75 Å². The van der Waals surface area contributed by atoms with Crippen LogP contribution in [-0.2, 0) is 9.59 Å². The molecule has 1 aromatic rings. The lowest BCUT2D eigenvalue weighted by Gasteiger charge is -2.11. The van der Waals surface area contributed by atoms with E-state index in [-0.39, 0.29) is 24.7 Å². The molecule has 7 heteroatoms. The molecule has 0 radical (unpaired) electrons. The average Bonchev–Trinajstić information content (AvgIpc) is 2.50. The molecule has 3 N–H and O–H groups in total. The Kier molecular flexibility index (Phi) is 6.88. The molecule has 0 atom stereocenters. The van der Waals surface area contributed by atoms with Gasteiger partial charge in [-0.25, -0.2) is 0 Å². The van der Waals surface area contributed by atoms with Crippen LogP contribution < -0.4 is 15.4 Å². The molecule has 0 saturated carbocycles. The standard InChI is InChI=1S/C15H20N2O5/c1-16-15(21)10-7-8-12(22-2)11(9-10)17-13(18)5-3-4-6-14(19)20/h7-9H,3-6H2,1-2H3,(H,16,21)(H,17,18)(H,19,20). The third kappa shape index (κ3) is 5.43. The lowest BCUT2D eigenvalue weighted by atomic mass is 10.1. The minimum atomic E-state index is -0.875. The summed E-state index contributed by atoms with van der Waals surface area (Å²) in [5, 5.41) is 13.7. The highest BCUT2D eigenvalue weighted by molar-refractivity contribution is 5.98. The molecule has 0 bridgehead atoms. The number of nitrogens with one attached hydrogen (secondary N) is 2. The van der Waals surface area contributed by atoms with Crippen molar-refractivity contribution in [3.05, 3.63) is 23.8 Å². The first-order chi connectivity index (χ1) is 10.5. The Bertz CT molecular complexity index is 557. The normalized spacial score (nSPS) is 9.91. The Morgan fingerprint density at radius 1 is 1.18 bits per heavy atom. The minimum absolute atomic E-state index is 0.0444. The molecular weight excluding hydrogens is 288 g/mol. The van der Waals surface area contributed by atoms with E-state index in [0.29, 0.717) is 29.8 Å². The van der Waals surface area contributed by atoms with E-state index in [0.717, 1.165) is 0 Å². The Balaban J connectivity index is 2.67. The van der Waals surface area contributed by atoms with Gasteiger partial charge >= 0.3 is 5.97 Å². The maximum atomic E-state index is 11.9. The second-order valence-corrected chi connectivity index (χ2v) is 4.64. The van der Waals surface area contributed by atoms with Crippen molar-refractivity contribution in [1.29, 1.82) is 0 Å². The molecule has 0 aliphatic heterocycles. The molecule has 0 spiro atoms. The summed E-state index contributed by atoms with van der Waals surface area (Å²) < 4.78 is 5.15. The monoisotopic (exact) mass is 308 g/mol. The molecule has 0 aromatic heterocycles. The van der Waals surface area contributed by atoms with Gasteiger partial charge in [-0.1, -0.05) is 0 Å². The average molecular weight is 308 g/mol. The molecule has 120 valence electrons. The van der Waals surface area contributed by atoms with Gasteiger partial charge in [0.2, 0.25) is 5.91 Å². The second-order valence-electron chi connectivity index (χ2n) is 4.64. The van der Waals surface area contributed by atoms with Crippen LogP contribution in [0.3, 0.4) is 0 Å². The topological polar surface area (TPSA) is 105 Å². The number of carboxylic acid groups (broad SMARTS) is 1. The zero-order chi connectivity index (χ0) is 16.5. The number of carboxylic acids is 1. The highest BCUT2D eigenvalue weighted by atomic mass is 16.5. The number of benzene rings is 1. The van der Waals surface area contributed by atoms with Gasteiger partial charge in [0.05, 0.1) is 12.8 Å². The number of methoxy groups -OCH3 is 1. The summed E-state index contributed by atoms with van der Waals surface area (Å²) >= 11 is 0. The van der Waals surface area contributed by atoms with Gasteiger partial charge in [-0.15, -0.1) is 0 Å². The van der Waals surface area contributed by atoms with Gasteiger partial charge in [0.15, 0.2) is 0 Å². The fraction of sp³-hybridized carbons (Fsp3) is 0.400. The Hall–Kier alpha value is -2.57. The predicted octanol–water partition coefficient (Wildman–Crippen LogP) is 1.64. The summed E-state index contributed by atoms with van der Waals surface area (Å²) in [7, 11) is 2.99. The smallest absolute Gasteiger partial charge is 0.303 e. The van der Waals surface area contributed by atoms with Gasteiger partial charge in [0, 0.05) is 25.5 Å². The highest BCUT2D eigenvalue weighted by Gasteiger charge is 2.11. The zero-order valence-electron chi connectivity index (χ0n) is 12.6. The van der Waals surface area contributed by atoms with Crippen molar-refractivity contribution in [2.75, 3.05) is 19.5 Å². The number of aliphatic carboxylic acids is 1. The fourth-order valence-corrected chi connectivity index (χ4v) is 1.87. The van der Waals surface area contributed by atoms with E-state index in [1.54, 1.807) is 12.1 Å². The van der Waals surface area contributed by atoms with Crippen LogP contribution in [0.15, 0.2) is 18.2 Å². The number of rotatable bonds is 8. The van der Waals surface area contributed by atoms with Gasteiger partial charge in [-0.2, -0.15) is 0 Å². The van der Waals surface area contributed by atoms with Gasteiger partial charge in [0.1, 0.15) is 5.75 Å². The Labute approximate surface area is 128 Å². The maximum absolute atomic E-state index is 11.9. The number of amides is 2. The molecule has 0 aliphatic carbocycles. The minimum Gasteiger partial charge on any atom is -0.495 e. The Morgan fingerprint density at radius 2 is 1.86 bits per heavy atom. The van der Waals surface area contributed by atoms with E-state index in [2.05, 4.69) is 10.6 Å². The molecule has 0 saturated heterocycles. The van der Waals surface area contributed by atoms with Crippen molar-refractivity contribution in [2.24, 2.45) is 0 Å². The van der Waals surface area contributed by atoms with Crippen LogP contribution in [0.4, 0.5) is 5.69 Å². The first kappa shape index (κ1) is 17.5. The first-order valence-corrected chi connectivity index (χ1v) is 6.89. The summed E-state index contributed by atoms with van der Waals surface area (Å²) in [6, 6.07) is 4.73. The van der Waals surface area contributed by atoms with Crippen LogP contribution in [0.1, 0.15) is 36.0 Å². The van der Waals surface area contributed by atoms with Gasteiger partial charge in [-0.05, 0) is 31.0 Å². The van der Waals surface area contributed by atoms with Crippen molar-refractivity contribution in [1.82, 2.24) is 5.32 Å². The summed E-state index contributed by atoms with van der Waals surface area (Å²) in [6.07, 6.45) is 1.18. The van der Waals surface area contributed by atoms with Crippen molar-refractivity contribution < 1.29 is 24.2 Å². The molecule has 7 nitrogen and oxygen atoms in total. The molecule has 1 aromatic carbocycles. The lowest BCUT2D eigenvalue weighted by Crippen LogP contribution is -2.18. The van der Waals surface area contributed by atoms with Crippen molar-refractivity contribution >= 4 is 23.5 Å². The molecule has 2 amide bonds. The maximum Gasteiger partial charge on any atom is 0.303 e. The van der Waals surface area contributed by atoms with Crippen molar-refractivity contribution in [3.8, 4) is 5.75 Å². The van der Waals surface area contributed by atoms with E-state index in [1.165, 1.54) is 20.2 Å². The number of anilines is 1. The Morgan fingerprint density at radius 3 is 2.45 bits per heavy atom. The van der Waals surface area contributed by atoms with Gasteiger partial charge in [-0.3, -0.25) is 14.4 Å². The van der Waals surface area contributed by atoms with Crippen LogP contribution in [0.2, 0.25) is 0 Å². The summed E-state index contributed by atoms with van der Waals surface area (Å²) in [4.78, 5) is 33.9. The third-order valence-electron chi connectivity index (χ3n) is 3.01. The molecule has 22 heavy (non-hydrogen) atoms. The van der Waals surface area contributed by atoms with Crippen LogP contribution in [-0.4, -0.2) is 37.0 Å². The van der Waals surface area contributed by atoms with E-state index in [4.69, 9.17) is 9.84 Å². The van der Waals surface area contributed by atoms with Crippen molar-refractivity contribution in [2.45, 2.75) is 25.7 Å². The number of carbonyl (C=O) groups excluding carboxylic acids is 2. The number of unbranched alkanes of at least 4 members (excludes halogenated alkanes) is 1. The molecule has 0 fully saturated rings. The fourth-order valence-electron chi connectivity index (χ4n) is 1.87. The highest BCUT2D eigenvalue weighted by Crippen LogP contribution is 2.25.